The Labute approximate surface area is 142 Å². The van der Waals surface area contributed by atoms with Crippen molar-refractivity contribution in [3.8, 4) is 5.75 Å². The van der Waals surface area contributed by atoms with Crippen LogP contribution in [0.25, 0.3) is 0 Å². The first kappa shape index (κ1) is 17.4. The van der Waals surface area contributed by atoms with E-state index in [1.807, 2.05) is 13.8 Å². The van der Waals surface area contributed by atoms with Crippen LogP contribution in [0, 0.1) is 19.1 Å². The van der Waals surface area contributed by atoms with Crippen LogP contribution in [0.5, 0.6) is 5.75 Å². The second kappa shape index (κ2) is 6.84. The molecule has 0 radical (unpaired) electrons. The molecule has 0 aromatic carbocycles. The normalized spacial score (nSPS) is 22.0. The second-order valence-electron chi connectivity index (χ2n) is 6.26. The van der Waals surface area contributed by atoms with Gasteiger partial charge < -0.3 is 28.9 Å². The SMILES string of the molecule is CCC1(CCOc2cc[n+]([O-])c(C)c2C)OCC2(CO1)OCCO2. The van der Waals surface area contributed by atoms with Gasteiger partial charge in [0.25, 0.3) is 0 Å². The number of nitrogens with zero attached hydrogens (tertiary/aromatic N) is 1. The molecule has 2 fully saturated rings. The molecule has 0 saturated carbocycles. The van der Waals surface area contributed by atoms with Gasteiger partial charge in [-0.15, -0.1) is 0 Å². The maximum atomic E-state index is 11.5. The van der Waals surface area contributed by atoms with E-state index < -0.39 is 11.6 Å². The quantitative estimate of drug-likeness (QED) is 0.599. The summed E-state index contributed by atoms with van der Waals surface area (Å²) in [6, 6.07) is 1.69. The van der Waals surface area contributed by atoms with Gasteiger partial charge in [0, 0.05) is 19.4 Å². The molecular formula is C17H25NO6. The predicted molar refractivity (Wildman–Crippen MR) is 84.5 cm³/mol. The number of rotatable bonds is 5. The molecular weight excluding hydrogens is 314 g/mol. The predicted octanol–water partition coefficient (Wildman–Crippen LogP) is 1.60. The van der Waals surface area contributed by atoms with E-state index >= 15 is 0 Å². The van der Waals surface area contributed by atoms with Crippen LogP contribution in [0.2, 0.25) is 0 Å². The molecule has 0 aliphatic carbocycles. The minimum atomic E-state index is -0.742. The number of aromatic nitrogens is 1. The number of ether oxygens (including phenoxy) is 5. The van der Waals surface area contributed by atoms with E-state index in [4.69, 9.17) is 23.7 Å². The Morgan fingerprint density at radius 2 is 1.83 bits per heavy atom. The maximum Gasteiger partial charge on any atom is 0.216 e. The first-order valence-corrected chi connectivity index (χ1v) is 8.37. The van der Waals surface area contributed by atoms with Crippen molar-refractivity contribution in [2.24, 2.45) is 0 Å². The van der Waals surface area contributed by atoms with Crippen LogP contribution in [0.4, 0.5) is 0 Å². The van der Waals surface area contributed by atoms with Gasteiger partial charge in [-0.2, -0.15) is 4.73 Å². The monoisotopic (exact) mass is 339 g/mol. The van der Waals surface area contributed by atoms with Crippen molar-refractivity contribution in [1.82, 2.24) is 0 Å². The average molecular weight is 339 g/mol. The van der Waals surface area contributed by atoms with E-state index in [0.29, 0.717) is 57.3 Å². The first-order chi connectivity index (χ1) is 11.5. The van der Waals surface area contributed by atoms with Gasteiger partial charge in [-0.05, 0) is 13.3 Å². The van der Waals surface area contributed by atoms with Crippen LogP contribution in [0.1, 0.15) is 31.0 Å². The van der Waals surface area contributed by atoms with E-state index in [0.717, 1.165) is 10.3 Å². The van der Waals surface area contributed by atoms with Gasteiger partial charge >= 0.3 is 0 Å². The third-order valence-electron chi connectivity index (χ3n) is 4.81. The zero-order valence-electron chi connectivity index (χ0n) is 14.5. The Morgan fingerprint density at radius 1 is 1.17 bits per heavy atom. The smallest absolute Gasteiger partial charge is 0.216 e. The number of hydrogen-bond acceptors (Lipinski definition) is 6. The van der Waals surface area contributed by atoms with Gasteiger partial charge in [0.1, 0.15) is 19.0 Å². The molecule has 24 heavy (non-hydrogen) atoms. The van der Waals surface area contributed by atoms with Crippen LogP contribution in [-0.2, 0) is 18.9 Å². The minimum absolute atomic E-state index is 0.362. The van der Waals surface area contributed by atoms with Gasteiger partial charge in [-0.3, -0.25) is 0 Å². The van der Waals surface area contributed by atoms with E-state index in [1.165, 1.54) is 6.20 Å². The first-order valence-electron chi connectivity index (χ1n) is 8.37. The fourth-order valence-electron chi connectivity index (χ4n) is 2.94. The summed E-state index contributed by atoms with van der Waals surface area (Å²) in [5.74, 6) is -0.717. The largest absolute Gasteiger partial charge is 0.618 e. The Morgan fingerprint density at radius 3 is 2.46 bits per heavy atom. The highest BCUT2D eigenvalue weighted by Gasteiger charge is 2.47. The maximum absolute atomic E-state index is 11.5. The third kappa shape index (κ3) is 3.35. The second-order valence-corrected chi connectivity index (χ2v) is 6.26. The molecule has 0 unspecified atom stereocenters. The fraction of sp³-hybridized carbons (Fsp3) is 0.706. The van der Waals surface area contributed by atoms with Crippen molar-refractivity contribution < 1.29 is 28.4 Å². The zero-order chi connectivity index (χ0) is 17.2. The highest BCUT2D eigenvalue weighted by Crippen LogP contribution is 2.34. The molecule has 2 aliphatic heterocycles. The van der Waals surface area contributed by atoms with Crippen molar-refractivity contribution in [3.05, 3.63) is 28.7 Å². The van der Waals surface area contributed by atoms with Crippen molar-refractivity contribution in [3.63, 3.8) is 0 Å². The summed E-state index contributed by atoms with van der Waals surface area (Å²) in [6.45, 7) is 7.97. The van der Waals surface area contributed by atoms with E-state index in [2.05, 4.69) is 0 Å². The minimum Gasteiger partial charge on any atom is -0.618 e. The Kier molecular flexibility index (Phi) is 4.96. The van der Waals surface area contributed by atoms with Crippen molar-refractivity contribution >= 4 is 0 Å². The molecule has 1 aromatic heterocycles. The number of pyridine rings is 1. The molecule has 3 rings (SSSR count). The van der Waals surface area contributed by atoms with Crippen LogP contribution in [-0.4, -0.2) is 44.6 Å². The lowest BCUT2D eigenvalue weighted by molar-refractivity contribution is -0.612. The molecule has 2 aliphatic rings. The highest BCUT2D eigenvalue weighted by atomic mass is 16.8. The molecule has 3 heterocycles. The summed E-state index contributed by atoms with van der Waals surface area (Å²) in [4.78, 5) is 0. The number of hydrogen-bond donors (Lipinski definition) is 0. The van der Waals surface area contributed by atoms with Gasteiger partial charge in [-0.25, -0.2) is 0 Å². The van der Waals surface area contributed by atoms with Crippen LogP contribution in [0.15, 0.2) is 12.3 Å². The lowest BCUT2D eigenvalue weighted by atomic mass is 10.1. The Balaban J connectivity index is 1.56. The van der Waals surface area contributed by atoms with E-state index in [-0.39, 0.29) is 0 Å². The highest BCUT2D eigenvalue weighted by molar-refractivity contribution is 5.31. The molecule has 1 aromatic rings. The summed E-state index contributed by atoms with van der Waals surface area (Å²) >= 11 is 0. The summed E-state index contributed by atoms with van der Waals surface area (Å²) < 4.78 is 29.8. The summed E-state index contributed by atoms with van der Waals surface area (Å²) in [5.41, 5.74) is 1.48. The standard InChI is InChI=1S/C17H25NO6/c1-4-16(23-11-17(12-24-16)21-9-10-22-17)6-8-20-15-5-7-18(19)14(3)13(15)2/h5,7H,4,6,8-12H2,1-3H3. The van der Waals surface area contributed by atoms with E-state index in [9.17, 15) is 5.21 Å². The molecule has 7 nitrogen and oxygen atoms in total. The van der Waals surface area contributed by atoms with Crippen LogP contribution < -0.4 is 9.47 Å². The van der Waals surface area contributed by atoms with Crippen molar-refractivity contribution in [1.29, 1.82) is 0 Å². The van der Waals surface area contributed by atoms with Crippen molar-refractivity contribution in [2.75, 3.05) is 33.0 Å². The van der Waals surface area contributed by atoms with Gasteiger partial charge in [0.2, 0.25) is 5.79 Å². The summed E-state index contributed by atoms with van der Waals surface area (Å²) in [7, 11) is 0. The van der Waals surface area contributed by atoms with Gasteiger partial charge in [0.15, 0.2) is 17.7 Å². The van der Waals surface area contributed by atoms with Gasteiger partial charge in [0.05, 0.1) is 25.4 Å². The van der Waals surface area contributed by atoms with Crippen molar-refractivity contribution in [2.45, 2.75) is 45.2 Å². The zero-order valence-corrected chi connectivity index (χ0v) is 14.5. The molecule has 0 bridgehead atoms. The molecule has 1 spiro atoms. The van der Waals surface area contributed by atoms with Gasteiger partial charge in [-0.1, -0.05) is 6.92 Å². The molecule has 134 valence electrons. The average Bonchev–Trinajstić information content (AvgIpc) is 3.06. The topological polar surface area (TPSA) is 73.1 Å². The summed E-state index contributed by atoms with van der Waals surface area (Å²) in [6.07, 6.45) is 2.75. The summed E-state index contributed by atoms with van der Waals surface area (Å²) in [5, 5.41) is 11.5. The molecule has 0 N–H and O–H groups in total. The third-order valence-corrected chi connectivity index (χ3v) is 4.81. The fourth-order valence-corrected chi connectivity index (χ4v) is 2.94. The molecule has 0 atom stereocenters. The lowest BCUT2D eigenvalue weighted by Crippen LogP contribution is -2.54. The Bertz CT molecular complexity index is 575. The van der Waals surface area contributed by atoms with E-state index in [1.54, 1.807) is 13.0 Å². The van der Waals surface area contributed by atoms with Crippen LogP contribution >= 0.6 is 0 Å². The molecule has 7 heteroatoms. The van der Waals surface area contributed by atoms with Crippen LogP contribution in [0.3, 0.4) is 0 Å². The molecule has 0 amide bonds. The molecule has 2 saturated heterocycles. The lowest BCUT2D eigenvalue weighted by Gasteiger charge is -2.43. The Hall–Kier alpha value is -1.41.